The summed E-state index contributed by atoms with van der Waals surface area (Å²) < 4.78 is 22.8. The number of furan rings is 2. The molecule has 0 saturated heterocycles. The number of benzene rings is 12. The highest BCUT2D eigenvalue weighted by molar-refractivity contribution is 6.27. The first kappa shape index (κ1) is 41.6. The number of para-hydroxylation sites is 6. The van der Waals surface area contributed by atoms with Crippen molar-refractivity contribution in [1.29, 1.82) is 0 Å². The Labute approximate surface area is 443 Å². The molecule has 8 heteroatoms. The van der Waals surface area contributed by atoms with Gasteiger partial charge in [0.25, 0.3) is 0 Å². The Bertz CT molecular complexity index is 5570. The number of hydrogen-bond acceptors (Lipinski definition) is 4. The standard InChI is InChI=1S/C70H40N6O2/c1-2-17-46(18-3-1)73-58-23-11-10-22-57(58)72-70(73)76-60-34-28-42-14-6-7-19-48(42)66(60)51-33-32-50-54-37-45(29-35-64(54)78-68(50)67(51)76)41-26-30-47(31-27-41)74-59-24-12-9-21-56(59)71-69(74)75-61-38-44-16-5-4-15-43(44)36-52(61)53-40-65-55(39-62(53)75)49-20-8-13-25-63(49)77-65/h1-40H. The van der Waals surface area contributed by atoms with Crippen molar-refractivity contribution in [3.05, 3.63) is 243 Å². The van der Waals surface area contributed by atoms with E-state index in [1.165, 1.54) is 26.9 Å². The van der Waals surface area contributed by atoms with Gasteiger partial charge >= 0.3 is 0 Å². The van der Waals surface area contributed by atoms with E-state index in [4.69, 9.17) is 18.8 Å². The summed E-state index contributed by atoms with van der Waals surface area (Å²) in [4.78, 5) is 10.9. The van der Waals surface area contributed by atoms with Gasteiger partial charge in [0.05, 0.1) is 38.6 Å². The van der Waals surface area contributed by atoms with E-state index in [1.54, 1.807) is 0 Å². The van der Waals surface area contributed by atoms with Gasteiger partial charge in [-0.05, 0) is 136 Å². The van der Waals surface area contributed by atoms with Gasteiger partial charge in [-0.25, -0.2) is 9.97 Å². The molecule has 0 aliphatic carbocycles. The van der Waals surface area contributed by atoms with Crippen LogP contribution in [0.3, 0.4) is 0 Å². The lowest BCUT2D eigenvalue weighted by atomic mass is 10.0. The van der Waals surface area contributed by atoms with Gasteiger partial charge in [-0.1, -0.05) is 140 Å². The molecule has 12 aromatic carbocycles. The predicted octanol–water partition coefficient (Wildman–Crippen LogP) is 18.3. The van der Waals surface area contributed by atoms with Crippen LogP contribution in [0.5, 0.6) is 0 Å². The molecule has 0 aliphatic heterocycles. The zero-order valence-electron chi connectivity index (χ0n) is 41.6. The molecule has 6 aromatic heterocycles. The molecule has 18 rings (SSSR count). The minimum absolute atomic E-state index is 0.802. The summed E-state index contributed by atoms with van der Waals surface area (Å²) in [5, 5.41) is 13.5. The van der Waals surface area contributed by atoms with Gasteiger partial charge in [-0.3, -0.25) is 18.3 Å². The average Bonchev–Trinajstić information content (AvgIpc) is 4.33. The van der Waals surface area contributed by atoms with Crippen LogP contribution >= 0.6 is 0 Å². The van der Waals surface area contributed by atoms with Gasteiger partial charge in [0.15, 0.2) is 5.58 Å². The van der Waals surface area contributed by atoms with Gasteiger partial charge in [-0.2, -0.15) is 0 Å². The molecule has 6 heterocycles. The fourth-order valence-electron chi connectivity index (χ4n) is 12.8. The van der Waals surface area contributed by atoms with Crippen molar-refractivity contribution in [2.45, 2.75) is 0 Å². The van der Waals surface area contributed by atoms with E-state index in [9.17, 15) is 0 Å². The van der Waals surface area contributed by atoms with Crippen LogP contribution < -0.4 is 0 Å². The molecule has 0 saturated carbocycles. The molecule has 78 heavy (non-hydrogen) atoms. The molecular weight excluding hydrogens is 957 g/mol. The second-order valence-electron chi connectivity index (χ2n) is 20.5. The highest BCUT2D eigenvalue weighted by Crippen LogP contribution is 2.45. The Balaban J connectivity index is 0.822. The SMILES string of the molecule is c1ccc(-n2c(-n3c4ccc5ccccc5c4c4ccc5c6cc(-c7ccc(-n8c(-n9c%10cc%11ccccc%11cc%10c%10cc%11oc%12ccccc%12c%11cc%109)nc9ccccc98)cc7)ccc6oc5c43)nc3ccccc32)cc1. The second kappa shape index (κ2) is 15.4. The van der Waals surface area contributed by atoms with E-state index in [-0.39, 0.29) is 0 Å². The second-order valence-corrected chi connectivity index (χ2v) is 20.5. The van der Waals surface area contributed by atoms with Crippen molar-refractivity contribution in [1.82, 2.24) is 28.2 Å². The van der Waals surface area contributed by atoms with Crippen LogP contribution in [0.2, 0.25) is 0 Å². The summed E-state index contributed by atoms with van der Waals surface area (Å²) in [6.45, 7) is 0. The maximum Gasteiger partial charge on any atom is 0.220 e. The van der Waals surface area contributed by atoms with Crippen LogP contribution in [0.1, 0.15) is 0 Å². The minimum atomic E-state index is 0.802. The third-order valence-corrected chi connectivity index (χ3v) is 16.3. The molecule has 0 spiro atoms. The van der Waals surface area contributed by atoms with Gasteiger partial charge in [0.1, 0.15) is 22.3 Å². The quantitative estimate of drug-likeness (QED) is 0.172. The Hall–Kier alpha value is -10.7. The molecule has 8 nitrogen and oxygen atoms in total. The molecule has 0 N–H and O–H groups in total. The molecule has 0 bridgehead atoms. The molecule has 18 aromatic rings. The van der Waals surface area contributed by atoms with E-state index in [2.05, 4.69) is 249 Å². The van der Waals surface area contributed by atoms with Crippen LogP contribution in [0.15, 0.2) is 251 Å². The smallest absolute Gasteiger partial charge is 0.220 e. The molecule has 0 unspecified atom stereocenters. The minimum Gasteiger partial charge on any atom is -0.456 e. The number of rotatable bonds is 5. The van der Waals surface area contributed by atoms with Crippen LogP contribution in [-0.4, -0.2) is 28.2 Å². The van der Waals surface area contributed by atoms with Crippen molar-refractivity contribution < 1.29 is 8.83 Å². The Kier molecular flexibility index (Phi) is 8.24. The number of imidazole rings is 2. The summed E-state index contributed by atoms with van der Waals surface area (Å²) in [7, 11) is 0. The van der Waals surface area contributed by atoms with Gasteiger partial charge in [0.2, 0.25) is 11.9 Å². The summed E-state index contributed by atoms with van der Waals surface area (Å²) in [5.41, 5.74) is 15.7. The van der Waals surface area contributed by atoms with Crippen molar-refractivity contribution in [3.63, 3.8) is 0 Å². The Morgan fingerprint density at radius 3 is 1.67 bits per heavy atom. The zero-order chi connectivity index (χ0) is 50.7. The topological polar surface area (TPSA) is 71.8 Å². The average molecular weight is 997 g/mol. The fourth-order valence-corrected chi connectivity index (χ4v) is 12.8. The molecule has 0 radical (unpaired) electrons. The van der Waals surface area contributed by atoms with E-state index < -0.39 is 0 Å². The summed E-state index contributed by atoms with van der Waals surface area (Å²) in [5.74, 6) is 1.62. The van der Waals surface area contributed by atoms with Crippen molar-refractivity contribution >= 4 is 131 Å². The molecule has 362 valence electrons. The molecule has 0 atom stereocenters. The monoisotopic (exact) mass is 996 g/mol. The van der Waals surface area contributed by atoms with Crippen LogP contribution in [0.25, 0.3) is 165 Å². The third kappa shape index (κ3) is 5.72. The van der Waals surface area contributed by atoms with Gasteiger partial charge in [0, 0.05) is 54.5 Å². The first-order valence-corrected chi connectivity index (χ1v) is 26.4. The van der Waals surface area contributed by atoms with Crippen molar-refractivity contribution in [3.8, 4) is 34.4 Å². The zero-order valence-corrected chi connectivity index (χ0v) is 41.6. The molecule has 0 aliphatic rings. The normalized spacial score (nSPS) is 12.4. The summed E-state index contributed by atoms with van der Waals surface area (Å²) >= 11 is 0. The van der Waals surface area contributed by atoms with Gasteiger partial charge in [-0.15, -0.1) is 0 Å². The van der Waals surface area contributed by atoms with Crippen molar-refractivity contribution in [2.24, 2.45) is 0 Å². The lowest BCUT2D eigenvalue weighted by Gasteiger charge is -2.13. The lowest BCUT2D eigenvalue weighted by molar-refractivity contribution is 0.669. The van der Waals surface area contributed by atoms with E-state index in [0.717, 1.165) is 139 Å². The number of nitrogens with zero attached hydrogens (tertiary/aromatic N) is 6. The van der Waals surface area contributed by atoms with Crippen LogP contribution in [-0.2, 0) is 0 Å². The maximum absolute atomic E-state index is 7.09. The lowest BCUT2D eigenvalue weighted by Crippen LogP contribution is -2.05. The molecular formula is C70H40N6O2. The largest absolute Gasteiger partial charge is 0.456 e. The number of hydrogen-bond donors (Lipinski definition) is 0. The highest BCUT2D eigenvalue weighted by Gasteiger charge is 2.26. The summed E-state index contributed by atoms with van der Waals surface area (Å²) in [6.07, 6.45) is 0. The maximum atomic E-state index is 7.09. The molecule has 0 amide bonds. The molecule has 0 fully saturated rings. The Morgan fingerprint density at radius 1 is 0.282 bits per heavy atom. The first-order chi connectivity index (χ1) is 38.7. The van der Waals surface area contributed by atoms with Gasteiger partial charge < -0.3 is 8.83 Å². The fraction of sp³-hybridized carbons (Fsp3) is 0. The third-order valence-electron chi connectivity index (χ3n) is 16.3. The van der Waals surface area contributed by atoms with Crippen LogP contribution in [0.4, 0.5) is 0 Å². The number of fused-ring (bicyclic) bond motifs is 18. The highest BCUT2D eigenvalue weighted by atomic mass is 16.3. The first-order valence-electron chi connectivity index (χ1n) is 26.4. The van der Waals surface area contributed by atoms with Crippen LogP contribution in [0, 0.1) is 0 Å². The van der Waals surface area contributed by atoms with E-state index in [1.807, 2.05) is 12.1 Å². The Morgan fingerprint density at radius 2 is 0.872 bits per heavy atom. The summed E-state index contributed by atoms with van der Waals surface area (Å²) in [6, 6.07) is 86.5. The number of aromatic nitrogens is 6. The van der Waals surface area contributed by atoms with Crippen molar-refractivity contribution in [2.75, 3.05) is 0 Å². The predicted molar refractivity (Wildman–Crippen MR) is 319 cm³/mol. The van der Waals surface area contributed by atoms with E-state index >= 15 is 0 Å². The van der Waals surface area contributed by atoms with E-state index in [0.29, 0.717) is 0 Å².